The molecule has 0 amide bonds. The van der Waals surface area contributed by atoms with E-state index < -0.39 is 0 Å². The summed E-state index contributed by atoms with van der Waals surface area (Å²) in [6.45, 7) is 1.18. The van der Waals surface area contributed by atoms with Gasteiger partial charge in [-0.25, -0.2) is 9.97 Å². The summed E-state index contributed by atoms with van der Waals surface area (Å²) >= 11 is 0. The molecule has 1 atom stereocenters. The first-order chi connectivity index (χ1) is 7.43. The standard InChI is InChI=1S/C12H17N3/c1-4-10-11(5-1)14-8-15-12(10)7-9-3-2-6-13-9/h8-9,13H,1-7H2. The molecule has 15 heavy (non-hydrogen) atoms. The van der Waals surface area contributed by atoms with Crippen LogP contribution >= 0.6 is 0 Å². The van der Waals surface area contributed by atoms with E-state index in [1.165, 1.54) is 49.2 Å². The zero-order chi connectivity index (χ0) is 10.1. The van der Waals surface area contributed by atoms with E-state index in [0.717, 1.165) is 12.8 Å². The number of nitrogens with one attached hydrogen (secondary N) is 1. The van der Waals surface area contributed by atoms with Gasteiger partial charge in [-0.2, -0.15) is 0 Å². The molecule has 3 rings (SSSR count). The van der Waals surface area contributed by atoms with Crippen LogP contribution in [0.3, 0.4) is 0 Å². The van der Waals surface area contributed by atoms with Crippen molar-refractivity contribution in [2.45, 2.75) is 44.6 Å². The third-order valence-corrected chi connectivity index (χ3v) is 3.57. The number of hydrogen-bond donors (Lipinski definition) is 1. The van der Waals surface area contributed by atoms with Gasteiger partial charge in [-0.15, -0.1) is 0 Å². The number of aromatic nitrogens is 2. The molecule has 1 saturated heterocycles. The van der Waals surface area contributed by atoms with Gasteiger partial charge in [-0.1, -0.05) is 0 Å². The second-order valence-electron chi connectivity index (χ2n) is 4.60. The molecule has 1 N–H and O–H groups in total. The summed E-state index contributed by atoms with van der Waals surface area (Å²) in [5.74, 6) is 0. The van der Waals surface area contributed by atoms with Gasteiger partial charge < -0.3 is 5.32 Å². The molecule has 3 nitrogen and oxygen atoms in total. The quantitative estimate of drug-likeness (QED) is 0.786. The second-order valence-corrected chi connectivity index (χ2v) is 4.60. The Hall–Kier alpha value is -0.960. The summed E-state index contributed by atoms with van der Waals surface area (Å²) in [5.41, 5.74) is 4.06. The van der Waals surface area contributed by atoms with Crippen LogP contribution in [-0.2, 0) is 19.3 Å². The lowest BCUT2D eigenvalue weighted by atomic mass is 10.0. The van der Waals surface area contributed by atoms with Crippen LogP contribution in [0.25, 0.3) is 0 Å². The van der Waals surface area contributed by atoms with E-state index in [1.54, 1.807) is 6.33 Å². The highest BCUT2D eigenvalue weighted by atomic mass is 14.9. The highest BCUT2D eigenvalue weighted by molar-refractivity contribution is 5.29. The zero-order valence-corrected chi connectivity index (χ0v) is 9.00. The molecular formula is C12H17N3. The predicted molar refractivity (Wildman–Crippen MR) is 58.8 cm³/mol. The lowest BCUT2D eigenvalue weighted by Crippen LogP contribution is -2.24. The Kier molecular flexibility index (Phi) is 2.41. The van der Waals surface area contributed by atoms with E-state index in [1.807, 2.05) is 0 Å². The van der Waals surface area contributed by atoms with Gasteiger partial charge in [0.2, 0.25) is 0 Å². The SMILES string of the molecule is c1nc2c(c(CC3CCCN3)n1)CCC2. The van der Waals surface area contributed by atoms with Gasteiger partial charge in [0.05, 0.1) is 0 Å². The first-order valence-electron chi connectivity index (χ1n) is 5.98. The molecule has 1 aromatic rings. The maximum atomic E-state index is 4.46. The number of nitrogens with zero attached hydrogens (tertiary/aromatic N) is 2. The lowest BCUT2D eigenvalue weighted by molar-refractivity contribution is 0.591. The molecular weight excluding hydrogens is 186 g/mol. The number of hydrogen-bond acceptors (Lipinski definition) is 3. The molecule has 1 aliphatic carbocycles. The molecule has 0 spiro atoms. The van der Waals surface area contributed by atoms with Crippen molar-refractivity contribution in [2.75, 3.05) is 6.54 Å². The van der Waals surface area contributed by atoms with Crippen LogP contribution in [-0.4, -0.2) is 22.6 Å². The Morgan fingerprint density at radius 1 is 1.27 bits per heavy atom. The fourth-order valence-corrected chi connectivity index (χ4v) is 2.77. The molecule has 2 aliphatic rings. The first-order valence-corrected chi connectivity index (χ1v) is 5.98. The van der Waals surface area contributed by atoms with Crippen molar-refractivity contribution in [3.8, 4) is 0 Å². The van der Waals surface area contributed by atoms with Crippen LogP contribution in [0.15, 0.2) is 6.33 Å². The largest absolute Gasteiger partial charge is 0.314 e. The summed E-state index contributed by atoms with van der Waals surface area (Å²) in [6, 6.07) is 0.657. The smallest absolute Gasteiger partial charge is 0.115 e. The minimum absolute atomic E-state index is 0.657. The van der Waals surface area contributed by atoms with Crippen LogP contribution in [0, 0.1) is 0 Å². The Bertz CT molecular complexity index is 356. The van der Waals surface area contributed by atoms with E-state index in [9.17, 15) is 0 Å². The lowest BCUT2D eigenvalue weighted by Gasteiger charge is -2.11. The Balaban J connectivity index is 1.82. The topological polar surface area (TPSA) is 37.8 Å². The van der Waals surface area contributed by atoms with Gasteiger partial charge in [0.25, 0.3) is 0 Å². The van der Waals surface area contributed by atoms with Gasteiger partial charge in [0, 0.05) is 23.9 Å². The van der Waals surface area contributed by atoms with Crippen molar-refractivity contribution in [3.05, 3.63) is 23.3 Å². The second kappa shape index (κ2) is 3.89. The van der Waals surface area contributed by atoms with Crippen molar-refractivity contribution in [3.63, 3.8) is 0 Å². The molecule has 0 radical (unpaired) electrons. The fourth-order valence-electron chi connectivity index (χ4n) is 2.77. The molecule has 3 heteroatoms. The Morgan fingerprint density at radius 2 is 2.27 bits per heavy atom. The molecule has 0 aromatic carbocycles. The number of aryl methyl sites for hydroxylation is 1. The van der Waals surface area contributed by atoms with Crippen molar-refractivity contribution in [2.24, 2.45) is 0 Å². The van der Waals surface area contributed by atoms with Crippen molar-refractivity contribution >= 4 is 0 Å². The number of fused-ring (bicyclic) bond motifs is 1. The monoisotopic (exact) mass is 203 g/mol. The van der Waals surface area contributed by atoms with Gasteiger partial charge in [-0.3, -0.25) is 0 Å². The fraction of sp³-hybridized carbons (Fsp3) is 0.667. The maximum Gasteiger partial charge on any atom is 0.115 e. The molecule has 0 saturated carbocycles. The van der Waals surface area contributed by atoms with Gasteiger partial charge in [0.1, 0.15) is 6.33 Å². The van der Waals surface area contributed by atoms with Gasteiger partial charge >= 0.3 is 0 Å². The summed E-state index contributed by atoms with van der Waals surface area (Å²) in [6.07, 6.45) is 9.08. The molecule has 0 bridgehead atoms. The van der Waals surface area contributed by atoms with Crippen LogP contribution in [0.5, 0.6) is 0 Å². The van der Waals surface area contributed by atoms with E-state index >= 15 is 0 Å². The highest BCUT2D eigenvalue weighted by Crippen LogP contribution is 2.23. The van der Waals surface area contributed by atoms with Crippen LogP contribution in [0.2, 0.25) is 0 Å². The van der Waals surface area contributed by atoms with E-state index in [2.05, 4.69) is 15.3 Å². The molecule has 1 aliphatic heterocycles. The summed E-state index contributed by atoms with van der Waals surface area (Å²) in [7, 11) is 0. The third kappa shape index (κ3) is 1.76. The molecule has 80 valence electrons. The van der Waals surface area contributed by atoms with Gasteiger partial charge in [-0.05, 0) is 44.2 Å². The van der Waals surface area contributed by atoms with Crippen molar-refractivity contribution in [1.82, 2.24) is 15.3 Å². The predicted octanol–water partition coefficient (Wildman–Crippen LogP) is 1.26. The van der Waals surface area contributed by atoms with E-state index in [-0.39, 0.29) is 0 Å². The summed E-state index contributed by atoms with van der Waals surface area (Å²) in [4.78, 5) is 8.83. The van der Waals surface area contributed by atoms with E-state index in [0.29, 0.717) is 6.04 Å². The average Bonchev–Trinajstić information content (AvgIpc) is 2.87. The summed E-state index contributed by atoms with van der Waals surface area (Å²) < 4.78 is 0. The van der Waals surface area contributed by atoms with Crippen molar-refractivity contribution < 1.29 is 0 Å². The van der Waals surface area contributed by atoms with Crippen molar-refractivity contribution in [1.29, 1.82) is 0 Å². The number of rotatable bonds is 2. The van der Waals surface area contributed by atoms with Crippen LogP contribution < -0.4 is 5.32 Å². The highest BCUT2D eigenvalue weighted by Gasteiger charge is 2.21. The van der Waals surface area contributed by atoms with Crippen LogP contribution in [0.1, 0.15) is 36.2 Å². The van der Waals surface area contributed by atoms with E-state index in [4.69, 9.17) is 0 Å². The minimum Gasteiger partial charge on any atom is -0.314 e. The Morgan fingerprint density at radius 3 is 3.13 bits per heavy atom. The average molecular weight is 203 g/mol. The maximum absolute atomic E-state index is 4.46. The molecule has 2 heterocycles. The first kappa shape index (κ1) is 9.28. The normalized spacial score (nSPS) is 24.4. The molecule has 1 unspecified atom stereocenters. The van der Waals surface area contributed by atoms with Gasteiger partial charge in [0.15, 0.2) is 0 Å². The molecule has 1 fully saturated rings. The zero-order valence-electron chi connectivity index (χ0n) is 9.00. The minimum atomic E-state index is 0.657. The Labute approximate surface area is 90.3 Å². The summed E-state index contributed by atoms with van der Waals surface area (Å²) in [5, 5.41) is 3.54. The third-order valence-electron chi connectivity index (χ3n) is 3.57. The molecule has 1 aromatic heterocycles. The van der Waals surface area contributed by atoms with Crippen LogP contribution in [0.4, 0.5) is 0 Å².